The molecule has 0 aliphatic heterocycles. The third-order valence-corrected chi connectivity index (χ3v) is 4.80. The van der Waals surface area contributed by atoms with Crippen LogP contribution in [0.4, 0.5) is 10.1 Å². The number of furan rings is 1. The van der Waals surface area contributed by atoms with E-state index >= 15 is 0 Å². The van der Waals surface area contributed by atoms with Gasteiger partial charge in [0.2, 0.25) is 10.0 Å². The van der Waals surface area contributed by atoms with Crippen molar-refractivity contribution in [3.05, 3.63) is 48.5 Å². The fraction of sp³-hybridized carbons (Fsp3) is 0.200. The van der Waals surface area contributed by atoms with Gasteiger partial charge in [-0.1, -0.05) is 0 Å². The number of ether oxygens (including phenoxy) is 1. The monoisotopic (exact) mass is 430 g/mol. The smallest absolute Gasteiger partial charge is 0.229 e. The van der Waals surface area contributed by atoms with E-state index in [1.807, 2.05) is 13.8 Å². The van der Waals surface area contributed by atoms with E-state index in [2.05, 4.69) is 19.9 Å². The molecule has 4 aromatic rings. The van der Waals surface area contributed by atoms with Crippen LogP contribution in [0, 0.1) is 5.82 Å². The van der Waals surface area contributed by atoms with E-state index in [1.54, 1.807) is 24.3 Å². The van der Waals surface area contributed by atoms with E-state index in [1.165, 1.54) is 18.5 Å². The van der Waals surface area contributed by atoms with Crippen LogP contribution in [0.2, 0.25) is 0 Å². The average Bonchev–Trinajstić information content (AvgIpc) is 3.28. The van der Waals surface area contributed by atoms with Crippen LogP contribution < -0.4 is 9.46 Å². The third kappa shape index (κ3) is 3.99. The Hall–Kier alpha value is -3.40. The highest BCUT2D eigenvalue weighted by atomic mass is 32.2. The van der Waals surface area contributed by atoms with Gasteiger partial charge in [0.15, 0.2) is 5.82 Å². The zero-order valence-electron chi connectivity index (χ0n) is 16.4. The standard InChI is InChI=1S/C20H19FN4O4S/c1-11(2)28-17-8-14-16(9-15(17)25-30(3,26)27)29-19(12-4-6-13(21)7-5-12)18(14)20-22-10-23-24-20/h4-11,25H,1-3H3,(H,22,23,24). The first kappa shape index (κ1) is 19.9. The number of aromatic amines is 1. The summed E-state index contributed by atoms with van der Waals surface area (Å²) in [5.41, 5.74) is 1.89. The summed E-state index contributed by atoms with van der Waals surface area (Å²) in [6.07, 6.45) is 2.23. The van der Waals surface area contributed by atoms with Gasteiger partial charge in [0.1, 0.15) is 29.2 Å². The van der Waals surface area contributed by atoms with Crippen molar-refractivity contribution in [1.29, 1.82) is 0 Å². The highest BCUT2D eigenvalue weighted by Crippen LogP contribution is 2.43. The van der Waals surface area contributed by atoms with Gasteiger partial charge in [-0.15, -0.1) is 0 Å². The highest BCUT2D eigenvalue weighted by Gasteiger charge is 2.23. The molecule has 2 aromatic heterocycles. The van der Waals surface area contributed by atoms with Gasteiger partial charge < -0.3 is 9.15 Å². The van der Waals surface area contributed by atoms with Crippen molar-refractivity contribution >= 4 is 26.7 Å². The predicted octanol–water partition coefficient (Wildman–Crippen LogP) is 4.18. The third-order valence-electron chi connectivity index (χ3n) is 4.21. The molecule has 2 heterocycles. The summed E-state index contributed by atoms with van der Waals surface area (Å²) in [6, 6.07) is 9.09. The highest BCUT2D eigenvalue weighted by molar-refractivity contribution is 7.92. The van der Waals surface area contributed by atoms with Gasteiger partial charge in [0, 0.05) is 17.0 Å². The minimum atomic E-state index is -3.55. The van der Waals surface area contributed by atoms with Crippen molar-refractivity contribution in [2.45, 2.75) is 20.0 Å². The van der Waals surface area contributed by atoms with Crippen LogP contribution in [0.15, 0.2) is 47.1 Å². The molecule has 0 aliphatic carbocycles. The maximum Gasteiger partial charge on any atom is 0.229 e. The van der Waals surface area contributed by atoms with E-state index in [4.69, 9.17) is 9.15 Å². The van der Waals surface area contributed by atoms with Crippen molar-refractivity contribution in [1.82, 2.24) is 15.2 Å². The number of anilines is 1. The van der Waals surface area contributed by atoms with Crippen molar-refractivity contribution in [2.24, 2.45) is 0 Å². The molecule has 0 atom stereocenters. The Kier molecular flexibility index (Phi) is 4.94. The number of aromatic nitrogens is 3. The predicted molar refractivity (Wildman–Crippen MR) is 111 cm³/mol. The number of nitrogens with one attached hydrogen (secondary N) is 2. The van der Waals surface area contributed by atoms with E-state index < -0.39 is 10.0 Å². The minimum absolute atomic E-state index is 0.195. The number of hydrogen-bond acceptors (Lipinski definition) is 6. The molecule has 0 aliphatic rings. The molecule has 30 heavy (non-hydrogen) atoms. The first-order valence-corrected chi connectivity index (χ1v) is 11.0. The number of nitrogens with zero attached hydrogens (tertiary/aromatic N) is 2. The van der Waals surface area contributed by atoms with Gasteiger partial charge in [-0.2, -0.15) is 5.10 Å². The summed E-state index contributed by atoms with van der Waals surface area (Å²) in [7, 11) is -3.55. The summed E-state index contributed by atoms with van der Waals surface area (Å²) in [4.78, 5) is 4.23. The van der Waals surface area contributed by atoms with Crippen LogP contribution in [0.5, 0.6) is 5.75 Å². The largest absolute Gasteiger partial charge is 0.489 e. The molecule has 0 fully saturated rings. The normalized spacial score (nSPS) is 11.9. The van der Waals surface area contributed by atoms with E-state index in [0.717, 1.165) is 6.26 Å². The zero-order valence-corrected chi connectivity index (χ0v) is 17.2. The van der Waals surface area contributed by atoms with Crippen LogP contribution in [0.3, 0.4) is 0 Å². The van der Waals surface area contributed by atoms with Gasteiger partial charge in [-0.25, -0.2) is 17.8 Å². The molecule has 0 radical (unpaired) electrons. The number of sulfonamides is 1. The molecule has 0 unspecified atom stereocenters. The Balaban J connectivity index is 2.00. The van der Waals surface area contributed by atoms with Gasteiger partial charge in [0.05, 0.1) is 23.6 Å². The van der Waals surface area contributed by atoms with Gasteiger partial charge in [0.25, 0.3) is 0 Å². The lowest BCUT2D eigenvalue weighted by Gasteiger charge is -2.15. The summed E-state index contributed by atoms with van der Waals surface area (Å²) in [5, 5.41) is 7.37. The second-order valence-electron chi connectivity index (χ2n) is 7.03. The molecule has 4 rings (SSSR count). The molecule has 0 spiro atoms. The molecule has 2 N–H and O–H groups in total. The first-order chi connectivity index (χ1) is 14.2. The van der Waals surface area contributed by atoms with Crippen LogP contribution in [-0.4, -0.2) is 36.0 Å². The first-order valence-electron chi connectivity index (χ1n) is 9.08. The Labute approximate surface area is 172 Å². The summed E-state index contributed by atoms with van der Waals surface area (Å²) < 4.78 is 51.4. The number of benzene rings is 2. The van der Waals surface area contributed by atoms with Gasteiger partial charge >= 0.3 is 0 Å². The quantitative estimate of drug-likeness (QED) is 0.475. The van der Waals surface area contributed by atoms with Gasteiger partial charge in [-0.3, -0.25) is 9.82 Å². The average molecular weight is 430 g/mol. The molecule has 8 nitrogen and oxygen atoms in total. The number of H-pyrrole nitrogens is 1. The van der Waals surface area contributed by atoms with Crippen LogP contribution in [-0.2, 0) is 10.0 Å². The molecule has 0 bridgehead atoms. The Morgan fingerprint density at radius 3 is 2.53 bits per heavy atom. The van der Waals surface area contributed by atoms with E-state index in [9.17, 15) is 12.8 Å². The van der Waals surface area contributed by atoms with E-state index in [-0.39, 0.29) is 17.6 Å². The number of rotatable bonds is 6. The van der Waals surface area contributed by atoms with Crippen LogP contribution in [0.25, 0.3) is 33.7 Å². The van der Waals surface area contributed by atoms with Crippen LogP contribution in [0.1, 0.15) is 13.8 Å². The molecule has 2 aromatic carbocycles. The minimum Gasteiger partial charge on any atom is -0.489 e. The number of halogens is 1. The topological polar surface area (TPSA) is 110 Å². The lowest BCUT2D eigenvalue weighted by atomic mass is 10.0. The van der Waals surface area contributed by atoms with Crippen LogP contribution >= 0.6 is 0 Å². The fourth-order valence-corrected chi connectivity index (χ4v) is 3.68. The Morgan fingerprint density at radius 2 is 1.93 bits per heavy atom. The molecule has 10 heteroatoms. The van der Waals surface area contributed by atoms with Crippen molar-refractivity contribution in [2.75, 3.05) is 11.0 Å². The van der Waals surface area contributed by atoms with Crippen molar-refractivity contribution < 1.29 is 22.0 Å². The number of fused-ring (bicyclic) bond motifs is 1. The molecular formula is C20H19FN4O4S. The lowest BCUT2D eigenvalue weighted by molar-refractivity contribution is 0.244. The Morgan fingerprint density at radius 1 is 1.20 bits per heavy atom. The summed E-state index contributed by atoms with van der Waals surface area (Å²) in [5.74, 6) is 0.861. The molecule has 156 valence electrons. The molecule has 0 saturated heterocycles. The Bertz CT molecular complexity index is 1300. The van der Waals surface area contributed by atoms with Gasteiger partial charge in [-0.05, 0) is 44.2 Å². The molecular weight excluding hydrogens is 411 g/mol. The molecule has 0 saturated carbocycles. The fourth-order valence-electron chi connectivity index (χ4n) is 3.12. The van der Waals surface area contributed by atoms with Crippen molar-refractivity contribution in [3.63, 3.8) is 0 Å². The van der Waals surface area contributed by atoms with E-state index in [0.29, 0.717) is 39.4 Å². The molecule has 0 amide bonds. The maximum atomic E-state index is 13.4. The summed E-state index contributed by atoms with van der Waals surface area (Å²) in [6.45, 7) is 3.68. The lowest BCUT2D eigenvalue weighted by Crippen LogP contribution is -2.13. The second kappa shape index (κ2) is 7.45. The van der Waals surface area contributed by atoms with Crippen molar-refractivity contribution in [3.8, 4) is 28.5 Å². The number of hydrogen-bond donors (Lipinski definition) is 2. The second-order valence-corrected chi connectivity index (χ2v) is 8.78. The summed E-state index contributed by atoms with van der Waals surface area (Å²) >= 11 is 0. The SMILES string of the molecule is CC(C)Oc1cc2c(-c3ncn[nH]3)c(-c3ccc(F)cc3)oc2cc1NS(C)(=O)=O. The maximum absolute atomic E-state index is 13.4. The zero-order chi connectivity index (χ0) is 21.5.